The third-order valence-corrected chi connectivity index (χ3v) is 3.66. The number of nitrogens with zero attached hydrogens (tertiary/aromatic N) is 1. The van der Waals surface area contributed by atoms with E-state index in [2.05, 4.69) is 31.8 Å². The van der Waals surface area contributed by atoms with Crippen LogP contribution in [0.3, 0.4) is 0 Å². The Morgan fingerprint density at radius 3 is 2.80 bits per heavy atom. The van der Waals surface area contributed by atoms with Crippen molar-refractivity contribution in [3.63, 3.8) is 0 Å². The van der Waals surface area contributed by atoms with E-state index in [1.165, 1.54) is 0 Å². The first-order chi connectivity index (χ1) is 12.1. The van der Waals surface area contributed by atoms with Gasteiger partial charge < -0.3 is 14.8 Å². The SMILES string of the molecule is CCOc1ccc(/C=N/NC(=O)CNc2cccc(Br)c2)cc1OC. The van der Waals surface area contributed by atoms with Gasteiger partial charge in [0.15, 0.2) is 11.5 Å². The van der Waals surface area contributed by atoms with Crippen molar-refractivity contribution in [3.8, 4) is 11.5 Å². The van der Waals surface area contributed by atoms with E-state index in [0.717, 1.165) is 15.7 Å². The highest BCUT2D eigenvalue weighted by atomic mass is 79.9. The molecule has 1 amide bonds. The van der Waals surface area contributed by atoms with Crippen LogP contribution in [0.5, 0.6) is 11.5 Å². The van der Waals surface area contributed by atoms with Gasteiger partial charge in [0.05, 0.1) is 26.5 Å². The number of carbonyl (C=O) groups is 1. The summed E-state index contributed by atoms with van der Waals surface area (Å²) in [6, 6.07) is 13.0. The third kappa shape index (κ3) is 6.11. The number of carbonyl (C=O) groups excluding carboxylic acids is 1. The minimum absolute atomic E-state index is 0.125. The molecule has 0 spiro atoms. The van der Waals surface area contributed by atoms with Crippen molar-refractivity contribution in [2.24, 2.45) is 5.10 Å². The van der Waals surface area contributed by atoms with Gasteiger partial charge in [-0.1, -0.05) is 22.0 Å². The van der Waals surface area contributed by atoms with Crippen LogP contribution in [0, 0.1) is 0 Å². The third-order valence-electron chi connectivity index (χ3n) is 3.17. The van der Waals surface area contributed by atoms with Crippen LogP contribution >= 0.6 is 15.9 Å². The number of hydrazone groups is 1. The molecule has 2 N–H and O–H groups in total. The van der Waals surface area contributed by atoms with Gasteiger partial charge >= 0.3 is 0 Å². The predicted octanol–water partition coefficient (Wildman–Crippen LogP) is 3.42. The Bertz CT molecular complexity index is 750. The van der Waals surface area contributed by atoms with Gasteiger partial charge in [0, 0.05) is 10.2 Å². The summed E-state index contributed by atoms with van der Waals surface area (Å²) >= 11 is 3.38. The fourth-order valence-electron chi connectivity index (χ4n) is 2.04. The van der Waals surface area contributed by atoms with Crippen LogP contribution in [-0.2, 0) is 4.79 Å². The summed E-state index contributed by atoms with van der Waals surface area (Å²) in [6.07, 6.45) is 1.55. The normalized spacial score (nSPS) is 10.5. The summed E-state index contributed by atoms with van der Waals surface area (Å²) in [6.45, 7) is 2.59. The molecule has 0 radical (unpaired) electrons. The zero-order valence-electron chi connectivity index (χ0n) is 14.1. The fraction of sp³-hybridized carbons (Fsp3) is 0.222. The Morgan fingerprint density at radius 1 is 1.24 bits per heavy atom. The molecule has 25 heavy (non-hydrogen) atoms. The molecule has 0 saturated heterocycles. The van der Waals surface area contributed by atoms with E-state index < -0.39 is 0 Å². The van der Waals surface area contributed by atoms with Crippen molar-refractivity contribution in [3.05, 3.63) is 52.5 Å². The molecular weight excluding hydrogens is 386 g/mol. The fourth-order valence-corrected chi connectivity index (χ4v) is 2.44. The maximum Gasteiger partial charge on any atom is 0.259 e. The standard InChI is InChI=1S/C18H20BrN3O3/c1-3-25-16-8-7-13(9-17(16)24-2)11-21-22-18(23)12-20-15-6-4-5-14(19)10-15/h4-11,20H,3,12H2,1-2H3,(H,22,23)/b21-11+. The highest BCUT2D eigenvalue weighted by Crippen LogP contribution is 2.27. The maximum absolute atomic E-state index is 11.8. The van der Waals surface area contributed by atoms with Crippen molar-refractivity contribution in [1.82, 2.24) is 5.43 Å². The molecule has 0 unspecified atom stereocenters. The van der Waals surface area contributed by atoms with Crippen LogP contribution in [0.2, 0.25) is 0 Å². The van der Waals surface area contributed by atoms with Gasteiger partial charge in [0.2, 0.25) is 0 Å². The lowest BCUT2D eigenvalue weighted by Crippen LogP contribution is -2.25. The number of hydrogen-bond donors (Lipinski definition) is 2. The van der Waals surface area contributed by atoms with E-state index in [4.69, 9.17) is 9.47 Å². The molecule has 2 rings (SSSR count). The molecule has 0 aromatic heterocycles. The van der Waals surface area contributed by atoms with Gasteiger partial charge in [0.1, 0.15) is 0 Å². The van der Waals surface area contributed by atoms with E-state index in [0.29, 0.717) is 18.1 Å². The summed E-state index contributed by atoms with van der Waals surface area (Å²) in [5.74, 6) is 1.05. The number of benzene rings is 2. The van der Waals surface area contributed by atoms with Crippen molar-refractivity contribution < 1.29 is 14.3 Å². The molecule has 0 aliphatic rings. The van der Waals surface area contributed by atoms with Gasteiger partial charge in [0.25, 0.3) is 5.91 Å². The van der Waals surface area contributed by atoms with Gasteiger partial charge in [-0.25, -0.2) is 5.43 Å². The lowest BCUT2D eigenvalue weighted by Gasteiger charge is -2.09. The minimum Gasteiger partial charge on any atom is -0.493 e. The number of amides is 1. The number of methoxy groups -OCH3 is 1. The van der Waals surface area contributed by atoms with Crippen molar-refractivity contribution in [2.75, 3.05) is 25.6 Å². The Hall–Kier alpha value is -2.54. The first-order valence-corrected chi connectivity index (χ1v) is 8.54. The molecule has 0 heterocycles. The first-order valence-electron chi connectivity index (χ1n) is 7.74. The average Bonchev–Trinajstić information content (AvgIpc) is 2.61. The smallest absolute Gasteiger partial charge is 0.259 e. The predicted molar refractivity (Wildman–Crippen MR) is 103 cm³/mol. The molecule has 2 aromatic rings. The molecule has 2 aromatic carbocycles. The van der Waals surface area contributed by atoms with E-state index in [-0.39, 0.29) is 12.5 Å². The second-order valence-electron chi connectivity index (χ2n) is 5.00. The number of hydrogen-bond acceptors (Lipinski definition) is 5. The van der Waals surface area contributed by atoms with Gasteiger partial charge in [-0.05, 0) is 48.9 Å². The van der Waals surface area contributed by atoms with Crippen LogP contribution in [0.4, 0.5) is 5.69 Å². The largest absolute Gasteiger partial charge is 0.493 e. The van der Waals surface area contributed by atoms with Crippen molar-refractivity contribution in [1.29, 1.82) is 0 Å². The summed E-state index contributed by atoms with van der Waals surface area (Å²) in [7, 11) is 1.58. The Labute approximate surface area is 155 Å². The summed E-state index contributed by atoms with van der Waals surface area (Å²) in [4.78, 5) is 11.8. The number of nitrogens with one attached hydrogen (secondary N) is 2. The molecule has 0 fully saturated rings. The zero-order chi connectivity index (χ0) is 18.1. The molecule has 0 bridgehead atoms. The van der Waals surface area contributed by atoms with E-state index in [1.54, 1.807) is 25.5 Å². The van der Waals surface area contributed by atoms with E-state index in [1.807, 2.05) is 37.3 Å². The monoisotopic (exact) mass is 405 g/mol. The van der Waals surface area contributed by atoms with E-state index >= 15 is 0 Å². The van der Waals surface area contributed by atoms with Crippen LogP contribution in [0.1, 0.15) is 12.5 Å². The average molecular weight is 406 g/mol. The quantitative estimate of drug-likeness (QED) is 0.521. The second kappa shape index (κ2) is 9.68. The Balaban J connectivity index is 1.86. The molecule has 0 aliphatic heterocycles. The molecule has 6 nitrogen and oxygen atoms in total. The van der Waals surface area contributed by atoms with Crippen LogP contribution in [0.15, 0.2) is 52.0 Å². The number of anilines is 1. The second-order valence-corrected chi connectivity index (χ2v) is 5.92. The maximum atomic E-state index is 11.8. The molecule has 0 aliphatic carbocycles. The minimum atomic E-state index is -0.242. The Morgan fingerprint density at radius 2 is 2.08 bits per heavy atom. The van der Waals surface area contributed by atoms with Gasteiger partial charge in [-0.15, -0.1) is 0 Å². The van der Waals surface area contributed by atoms with Crippen molar-refractivity contribution >= 4 is 33.7 Å². The van der Waals surface area contributed by atoms with E-state index in [9.17, 15) is 4.79 Å². The Kier molecular flexibility index (Phi) is 7.28. The number of halogens is 1. The van der Waals surface area contributed by atoms with Gasteiger partial charge in [-0.3, -0.25) is 4.79 Å². The van der Waals surface area contributed by atoms with Gasteiger partial charge in [-0.2, -0.15) is 5.10 Å². The highest BCUT2D eigenvalue weighted by molar-refractivity contribution is 9.10. The summed E-state index contributed by atoms with van der Waals surface area (Å²) in [5.41, 5.74) is 4.12. The molecule has 132 valence electrons. The first kappa shape index (κ1) is 18.8. The van der Waals surface area contributed by atoms with Crippen LogP contribution in [-0.4, -0.2) is 32.4 Å². The molecule has 7 heteroatoms. The molecular formula is C18H20BrN3O3. The highest BCUT2D eigenvalue weighted by Gasteiger charge is 2.04. The number of rotatable bonds is 8. The topological polar surface area (TPSA) is 72.0 Å². The van der Waals surface area contributed by atoms with Crippen LogP contribution in [0.25, 0.3) is 0 Å². The summed E-state index contributed by atoms with van der Waals surface area (Å²) < 4.78 is 11.7. The zero-order valence-corrected chi connectivity index (χ0v) is 15.7. The number of ether oxygens (including phenoxy) is 2. The van der Waals surface area contributed by atoms with Crippen molar-refractivity contribution in [2.45, 2.75) is 6.92 Å². The summed E-state index contributed by atoms with van der Waals surface area (Å²) in [5, 5.41) is 6.97. The lowest BCUT2D eigenvalue weighted by molar-refractivity contribution is -0.119. The van der Waals surface area contributed by atoms with Crippen LogP contribution < -0.4 is 20.2 Å². The lowest BCUT2D eigenvalue weighted by atomic mass is 10.2. The molecule has 0 atom stereocenters. The molecule has 0 saturated carbocycles.